The third-order valence-electron chi connectivity index (χ3n) is 3.93. The van der Waals surface area contributed by atoms with Crippen LogP contribution in [0.4, 0.5) is 0 Å². The minimum Gasteiger partial charge on any atom is -0.387 e. The number of aromatic amines is 1. The number of ether oxygens (including phenoxy) is 1. The molecule has 2 rings (SSSR count). The molecule has 7 atom stereocenters. The summed E-state index contributed by atoms with van der Waals surface area (Å²) in [5.41, 5.74) is 3.38. The van der Waals surface area contributed by atoms with Gasteiger partial charge in [0.15, 0.2) is 11.1 Å². The van der Waals surface area contributed by atoms with Gasteiger partial charge in [-0.25, -0.2) is 18.5 Å². The van der Waals surface area contributed by atoms with E-state index < -0.39 is 64.1 Å². The maximum atomic E-state index is 12.1. The molecule has 0 amide bonds. The number of nitrogens with one attached hydrogen (secondary N) is 1. The van der Waals surface area contributed by atoms with E-state index in [1.807, 2.05) is 11.0 Å². The second-order valence-electron chi connectivity index (χ2n) is 6.35. The SMILES string of the molecule is C[C@@H](OP(=O)(O)OP(=O)(O)OP(=O)(O)O)[C@H]1O[C@@H](n2ccc(=O)[nH]c2=O)C(Cl)(C#CN)[C@H]1O. The van der Waals surface area contributed by atoms with Crippen molar-refractivity contribution in [3.63, 3.8) is 0 Å². The molecule has 0 saturated carbocycles. The molecule has 17 nitrogen and oxygen atoms in total. The number of nitrogens with two attached hydrogens (primary N) is 1. The van der Waals surface area contributed by atoms with Crippen molar-refractivity contribution in [2.24, 2.45) is 5.73 Å². The Morgan fingerprint density at radius 1 is 1.24 bits per heavy atom. The highest BCUT2D eigenvalue weighted by molar-refractivity contribution is 7.66. The van der Waals surface area contributed by atoms with Crippen LogP contribution in [0.25, 0.3) is 0 Å². The maximum Gasteiger partial charge on any atom is 0.490 e. The van der Waals surface area contributed by atoms with Gasteiger partial charge in [-0.2, -0.15) is 8.62 Å². The topological polar surface area (TPSA) is 270 Å². The minimum atomic E-state index is -5.79. The molecule has 1 fully saturated rings. The summed E-state index contributed by atoms with van der Waals surface area (Å²) in [5.74, 6) is 2.23. The van der Waals surface area contributed by atoms with Gasteiger partial charge in [0.2, 0.25) is 0 Å². The number of phosphoric acid groups is 3. The largest absolute Gasteiger partial charge is 0.490 e. The lowest BCUT2D eigenvalue weighted by Crippen LogP contribution is -2.45. The monoisotopic (exact) mass is 555 g/mol. The molecule has 1 aliphatic rings. The van der Waals surface area contributed by atoms with Crippen LogP contribution >= 0.6 is 35.1 Å². The molecule has 1 saturated heterocycles. The summed E-state index contributed by atoms with van der Waals surface area (Å²) < 4.78 is 52.2. The van der Waals surface area contributed by atoms with E-state index in [9.17, 15) is 38.2 Å². The fraction of sp³-hybridized carbons (Fsp3) is 0.500. The lowest BCUT2D eigenvalue weighted by Gasteiger charge is -2.26. The summed E-state index contributed by atoms with van der Waals surface area (Å²) >= 11 is 6.33. The van der Waals surface area contributed by atoms with Crippen LogP contribution in [-0.2, 0) is 31.6 Å². The molecule has 8 N–H and O–H groups in total. The van der Waals surface area contributed by atoms with Gasteiger partial charge < -0.3 is 35.2 Å². The number of hydrogen-bond donors (Lipinski definition) is 7. The molecular weight excluding hydrogens is 539 g/mol. The zero-order chi connectivity index (χ0) is 25.4. The van der Waals surface area contributed by atoms with Gasteiger partial charge in [-0.15, -0.1) is 0 Å². The molecule has 0 aromatic carbocycles. The van der Waals surface area contributed by atoms with Crippen molar-refractivity contribution >= 4 is 35.1 Å². The highest BCUT2D eigenvalue weighted by atomic mass is 35.5. The number of alkyl halides is 1. The average molecular weight is 556 g/mol. The van der Waals surface area contributed by atoms with Crippen LogP contribution < -0.4 is 17.0 Å². The van der Waals surface area contributed by atoms with E-state index in [1.165, 1.54) is 0 Å². The Bertz CT molecular complexity index is 1220. The number of aliphatic hydroxyl groups is 1. The fourth-order valence-corrected chi connectivity index (χ4v) is 6.31. The number of phosphoric ester groups is 1. The van der Waals surface area contributed by atoms with Crippen molar-refractivity contribution < 1.29 is 56.3 Å². The zero-order valence-electron chi connectivity index (χ0n) is 16.1. The van der Waals surface area contributed by atoms with E-state index in [-0.39, 0.29) is 0 Å². The third-order valence-corrected chi connectivity index (χ3v) is 8.36. The molecule has 0 aliphatic carbocycles. The van der Waals surface area contributed by atoms with Crippen LogP contribution in [0.15, 0.2) is 21.9 Å². The number of rotatable bonds is 8. The zero-order valence-corrected chi connectivity index (χ0v) is 19.6. The summed E-state index contributed by atoms with van der Waals surface area (Å²) in [4.78, 5) is 59.2. The standard InChI is InChI=1S/C12H17ClN3O14P3/c1-6(28-32(23,24)30-33(25,26)29-31(20,21)22)8-9(18)12(13,3-4-14)10(27-8)16-5-2-7(17)15-11(16)19/h2,5-6,8-10,18H,14H2,1H3,(H,23,24)(H,25,26)(H,15,17,19)(H2,20,21,22)/t6-,8-,9+,10-,12?/m1/s1. The van der Waals surface area contributed by atoms with E-state index in [1.54, 1.807) is 0 Å². The maximum absolute atomic E-state index is 12.1. The molecule has 1 aliphatic heterocycles. The summed E-state index contributed by atoms with van der Waals surface area (Å²) in [6.07, 6.45) is -5.93. The summed E-state index contributed by atoms with van der Waals surface area (Å²) in [7, 11) is -17.0. The van der Waals surface area contributed by atoms with Gasteiger partial charge in [0.25, 0.3) is 5.56 Å². The van der Waals surface area contributed by atoms with E-state index in [2.05, 4.69) is 19.1 Å². The first kappa shape index (κ1) is 27.9. The number of aromatic nitrogens is 2. The molecule has 1 aromatic rings. The number of halogens is 1. The average Bonchev–Trinajstić information content (AvgIpc) is 2.83. The van der Waals surface area contributed by atoms with Gasteiger partial charge in [-0.1, -0.05) is 11.6 Å². The van der Waals surface area contributed by atoms with Gasteiger partial charge in [-0.3, -0.25) is 18.9 Å². The second-order valence-corrected chi connectivity index (χ2v) is 11.4. The van der Waals surface area contributed by atoms with E-state index in [4.69, 9.17) is 31.9 Å². The molecule has 21 heteroatoms. The molecule has 0 radical (unpaired) electrons. The molecule has 186 valence electrons. The Kier molecular flexibility index (Phi) is 8.22. The van der Waals surface area contributed by atoms with Crippen molar-refractivity contribution in [1.82, 2.24) is 9.55 Å². The minimum absolute atomic E-state index is 0.736. The Hall–Kier alpha value is -1.34. The highest BCUT2D eigenvalue weighted by Crippen LogP contribution is 2.66. The van der Waals surface area contributed by atoms with Crippen LogP contribution in [0, 0.1) is 12.0 Å². The fourth-order valence-electron chi connectivity index (χ4n) is 2.77. The molecule has 1 aromatic heterocycles. The molecule has 33 heavy (non-hydrogen) atoms. The second kappa shape index (κ2) is 9.73. The number of nitrogens with zero attached hydrogens (tertiary/aromatic N) is 1. The Morgan fingerprint density at radius 2 is 1.85 bits per heavy atom. The van der Waals surface area contributed by atoms with Crippen molar-refractivity contribution in [1.29, 1.82) is 0 Å². The van der Waals surface area contributed by atoms with Gasteiger partial charge in [0, 0.05) is 18.3 Å². The van der Waals surface area contributed by atoms with Crippen LogP contribution in [-0.4, -0.2) is 57.4 Å². The van der Waals surface area contributed by atoms with Gasteiger partial charge >= 0.3 is 29.2 Å². The van der Waals surface area contributed by atoms with Crippen LogP contribution in [0.1, 0.15) is 13.2 Å². The third kappa shape index (κ3) is 6.84. The van der Waals surface area contributed by atoms with Crippen LogP contribution in [0.3, 0.4) is 0 Å². The quantitative estimate of drug-likeness (QED) is 0.0825. The first-order valence-corrected chi connectivity index (χ1v) is 13.2. The van der Waals surface area contributed by atoms with Gasteiger partial charge in [0.1, 0.15) is 12.2 Å². The Morgan fingerprint density at radius 3 is 2.36 bits per heavy atom. The molecule has 2 heterocycles. The normalized spacial score (nSPS) is 30.0. The number of aliphatic hydroxyl groups excluding tert-OH is 1. The predicted octanol–water partition coefficient (Wildman–Crippen LogP) is -1.58. The van der Waals surface area contributed by atoms with Crippen molar-refractivity contribution in [3.8, 4) is 12.0 Å². The first-order chi connectivity index (χ1) is 14.9. The van der Waals surface area contributed by atoms with E-state index in [0.29, 0.717) is 0 Å². The van der Waals surface area contributed by atoms with Crippen molar-refractivity contribution in [2.45, 2.75) is 36.3 Å². The van der Waals surface area contributed by atoms with Crippen LogP contribution in [0.5, 0.6) is 0 Å². The first-order valence-electron chi connectivity index (χ1n) is 8.30. The van der Waals surface area contributed by atoms with Gasteiger partial charge in [-0.05, 0) is 12.8 Å². The predicted molar refractivity (Wildman–Crippen MR) is 106 cm³/mol. The number of H-pyrrole nitrogens is 1. The summed E-state index contributed by atoms with van der Waals surface area (Å²) in [5, 5.41) is 10.6. The summed E-state index contributed by atoms with van der Waals surface area (Å²) in [6.45, 7) is 1.01. The molecule has 0 spiro atoms. The smallest absolute Gasteiger partial charge is 0.387 e. The Balaban J connectivity index is 2.32. The molecular formula is C12H17ClN3O14P3. The van der Waals surface area contributed by atoms with Gasteiger partial charge in [0.05, 0.1) is 6.10 Å². The van der Waals surface area contributed by atoms with E-state index in [0.717, 1.165) is 23.8 Å². The van der Waals surface area contributed by atoms with E-state index >= 15 is 0 Å². The van der Waals surface area contributed by atoms with Crippen molar-refractivity contribution in [3.05, 3.63) is 33.1 Å². The highest BCUT2D eigenvalue weighted by Gasteiger charge is 2.58. The molecule has 0 bridgehead atoms. The van der Waals surface area contributed by atoms with Crippen LogP contribution in [0.2, 0.25) is 0 Å². The molecule has 3 unspecified atom stereocenters. The number of hydrogen-bond acceptors (Lipinski definition) is 11. The van der Waals surface area contributed by atoms with Crippen molar-refractivity contribution in [2.75, 3.05) is 0 Å². The lowest BCUT2D eigenvalue weighted by molar-refractivity contribution is -0.0749. The lowest BCUT2D eigenvalue weighted by atomic mass is 9.97. The Labute approximate surface area is 188 Å². The summed E-state index contributed by atoms with van der Waals surface area (Å²) in [6, 6.07) is 2.86.